The Morgan fingerprint density at radius 1 is 1.42 bits per heavy atom. The zero-order valence-electron chi connectivity index (χ0n) is 6.49. The molecular formula is C9H8NS2. The largest absolute Gasteiger partial charge is 0.239 e. The molecule has 0 N–H and O–H groups in total. The molecule has 2 aromatic heterocycles. The fourth-order valence-corrected chi connectivity index (χ4v) is 2.26. The van der Waals surface area contributed by atoms with Crippen LogP contribution in [-0.2, 0) is 12.8 Å². The lowest BCUT2D eigenvalue weighted by Crippen LogP contribution is -1.87. The van der Waals surface area contributed by atoms with Gasteiger partial charge in [-0.1, -0.05) is 6.07 Å². The monoisotopic (exact) mass is 194 g/mol. The van der Waals surface area contributed by atoms with Crippen molar-refractivity contribution in [2.45, 2.75) is 12.8 Å². The number of aromatic nitrogens is 1. The summed E-state index contributed by atoms with van der Waals surface area (Å²) in [4.78, 5) is 5.55. The van der Waals surface area contributed by atoms with E-state index in [1.54, 1.807) is 11.3 Å². The molecule has 0 bridgehead atoms. The Hall–Kier alpha value is -0.670. The summed E-state index contributed by atoms with van der Waals surface area (Å²) in [7, 11) is 0. The standard InChI is InChI=1S/C9H8NS2/c1-2-9(12-5-1)4-3-8-6-11-7-10-8/h1-2,5-6H,3-4H2. The fraction of sp³-hybridized carbons (Fsp3) is 0.222. The molecule has 0 amide bonds. The van der Waals surface area contributed by atoms with E-state index in [0.29, 0.717) is 0 Å². The number of thiophene rings is 1. The molecule has 0 aromatic carbocycles. The Labute approximate surface area is 79.7 Å². The van der Waals surface area contributed by atoms with E-state index in [0.717, 1.165) is 18.5 Å². The van der Waals surface area contributed by atoms with Gasteiger partial charge in [-0.3, -0.25) is 0 Å². The predicted octanol–water partition coefficient (Wildman–Crippen LogP) is 2.79. The molecule has 0 saturated carbocycles. The van der Waals surface area contributed by atoms with Crippen LogP contribution in [0, 0.1) is 5.51 Å². The third-order valence-electron chi connectivity index (χ3n) is 1.64. The highest BCUT2D eigenvalue weighted by atomic mass is 32.1. The van der Waals surface area contributed by atoms with Crippen molar-refractivity contribution in [3.63, 3.8) is 0 Å². The molecule has 61 valence electrons. The Bertz CT molecular complexity index is 276. The van der Waals surface area contributed by atoms with Crippen LogP contribution in [0.4, 0.5) is 0 Å². The quantitative estimate of drug-likeness (QED) is 0.732. The van der Waals surface area contributed by atoms with Crippen molar-refractivity contribution in [3.8, 4) is 0 Å². The third-order valence-corrected chi connectivity index (χ3v) is 3.17. The van der Waals surface area contributed by atoms with Gasteiger partial charge in [0.15, 0.2) is 5.51 Å². The second-order valence-corrected chi connectivity index (χ2v) is 4.20. The van der Waals surface area contributed by atoms with E-state index in [-0.39, 0.29) is 0 Å². The van der Waals surface area contributed by atoms with E-state index in [1.165, 1.54) is 4.88 Å². The number of thiazole rings is 1. The molecule has 0 aliphatic carbocycles. The summed E-state index contributed by atoms with van der Waals surface area (Å²) in [5, 5.41) is 4.18. The number of nitrogens with zero attached hydrogens (tertiary/aromatic N) is 1. The highest BCUT2D eigenvalue weighted by molar-refractivity contribution is 7.09. The highest BCUT2D eigenvalue weighted by Crippen LogP contribution is 2.12. The first kappa shape index (κ1) is 7.95. The zero-order chi connectivity index (χ0) is 8.23. The van der Waals surface area contributed by atoms with Gasteiger partial charge in [0.2, 0.25) is 0 Å². The minimum Gasteiger partial charge on any atom is -0.239 e. The normalized spacial score (nSPS) is 10.3. The molecule has 1 radical (unpaired) electrons. The van der Waals surface area contributed by atoms with Crippen LogP contribution in [0.1, 0.15) is 10.6 Å². The minimum atomic E-state index is 1.04. The van der Waals surface area contributed by atoms with Gasteiger partial charge in [-0.15, -0.1) is 22.7 Å². The Balaban J connectivity index is 1.91. The lowest BCUT2D eigenvalue weighted by Gasteiger charge is -1.92. The van der Waals surface area contributed by atoms with Gasteiger partial charge in [0.1, 0.15) is 0 Å². The second kappa shape index (κ2) is 3.83. The van der Waals surface area contributed by atoms with Crippen LogP contribution in [0.3, 0.4) is 0 Å². The van der Waals surface area contributed by atoms with Gasteiger partial charge in [0, 0.05) is 10.3 Å². The zero-order valence-corrected chi connectivity index (χ0v) is 8.12. The van der Waals surface area contributed by atoms with E-state index in [1.807, 2.05) is 11.3 Å². The van der Waals surface area contributed by atoms with Crippen molar-refractivity contribution in [2.75, 3.05) is 0 Å². The van der Waals surface area contributed by atoms with Crippen molar-refractivity contribution < 1.29 is 0 Å². The second-order valence-electron chi connectivity index (χ2n) is 2.51. The van der Waals surface area contributed by atoms with Crippen LogP contribution in [0.25, 0.3) is 0 Å². The average molecular weight is 194 g/mol. The maximum absolute atomic E-state index is 4.11. The van der Waals surface area contributed by atoms with Crippen molar-refractivity contribution in [2.24, 2.45) is 0 Å². The first-order chi connectivity index (χ1) is 5.95. The molecule has 0 aliphatic heterocycles. The van der Waals surface area contributed by atoms with Crippen LogP contribution in [0.5, 0.6) is 0 Å². The first-order valence-corrected chi connectivity index (χ1v) is 5.54. The Morgan fingerprint density at radius 2 is 2.42 bits per heavy atom. The van der Waals surface area contributed by atoms with Gasteiger partial charge in [0.05, 0.1) is 5.69 Å². The molecule has 0 fully saturated rings. The van der Waals surface area contributed by atoms with E-state index >= 15 is 0 Å². The smallest absolute Gasteiger partial charge is 0.152 e. The maximum atomic E-state index is 4.11. The molecule has 0 unspecified atom stereocenters. The molecule has 0 atom stereocenters. The van der Waals surface area contributed by atoms with Crippen LogP contribution in [0.15, 0.2) is 22.9 Å². The van der Waals surface area contributed by atoms with Crippen molar-refractivity contribution >= 4 is 22.7 Å². The van der Waals surface area contributed by atoms with Crippen LogP contribution in [-0.4, -0.2) is 4.98 Å². The maximum Gasteiger partial charge on any atom is 0.152 e. The van der Waals surface area contributed by atoms with E-state index in [2.05, 4.69) is 33.4 Å². The number of aryl methyl sites for hydroxylation is 2. The van der Waals surface area contributed by atoms with Crippen molar-refractivity contribution in [1.82, 2.24) is 4.98 Å². The van der Waals surface area contributed by atoms with Crippen LogP contribution < -0.4 is 0 Å². The van der Waals surface area contributed by atoms with Crippen LogP contribution in [0.2, 0.25) is 0 Å². The third kappa shape index (κ3) is 1.93. The van der Waals surface area contributed by atoms with E-state index < -0.39 is 0 Å². The van der Waals surface area contributed by atoms with Crippen molar-refractivity contribution in [3.05, 3.63) is 39.0 Å². The van der Waals surface area contributed by atoms with Crippen LogP contribution >= 0.6 is 22.7 Å². The number of hydrogen-bond donors (Lipinski definition) is 0. The van der Waals surface area contributed by atoms with Gasteiger partial charge in [0.25, 0.3) is 0 Å². The molecule has 0 aliphatic rings. The van der Waals surface area contributed by atoms with E-state index in [9.17, 15) is 0 Å². The summed E-state index contributed by atoms with van der Waals surface area (Å²) in [5.74, 6) is 0. The summed E-state index contributed by atoms with van der Waals surface area (Å²) in [6.07, 6.45) is 2.15. The number of hydrogen-bond acceptors (Lipinski definition) is 3. The lowest BCUT2D eigenvalue weighted by molar-refractivity contribution is 0.941. The average Bonchev–Trinajstić information content (AvgIpc) is 2.74. The summed E-state index contributed by atoms with van der Waals surface area (Å²) in [6, 6.07) is 4.26. The van der Waals surface area contributed by atoms with E-state index in [4.69, 9.17) is 0 Å². The highest BCUT2D eigenvalue weighted by Gasteiger charge is 1.97. The Kier molecular flexibility index (Phi) is 2.54. The molecular weight excluding hydrogens is 186 g/mol. The van der Waals surface area contributed by atoms with Crippen molar-refractivity contribution in [1.29, 1.82) is 0 Å². The van der Waals surface area contributed by atoms with Gasteiger partial charge < -0.3 is 0 Å². The molecule has 2 rings (SSSR count). The molecule has 2 aromatic rings. The summed E-state index contributed by atoms with van der Waals surface area (Å²) < 4.78 is 0. The lowest BCUT2D eigenvalue weighted by atomic mass is 10.2. The van der Waals surface area contributed by atoms with Gasteiger partial charge in [-0.2, -0.15) is 0 Å². The Morgan fingerprint density at radius 3 is 3.08 bits per heavy atom. The minimum absolute atomic E-state index is 1.04. The summed E-state index contributed by atoms with van der Waals surface area (Å²) in [6.45, 7) is 0. The topological polar surface area (TPSA) is 12.9 Å². The molecule has 0 saturated heterocycles. The van der Waals surface area contributed by atoms with Gasteiger partial charge in [-0.05, 0) is 24.3 Å². The molecule has 0 spiro atoms. The van der Waals surface area contributed by atoms with Gasteiger partial charge >= 0.3 is 0 Å². The fourth-order valence-electron chi connectivity index (χ4n) is 1.03. The molecule has 2 heterocycles. The molecule has 3 heteroatoms. The summed E-state index contributed by atoms with van der Waals surface area (Å²) >= 11 is 3.35. The molecule has 1 nitrogen and oxygen atoms in total. The number of rotatable bonds is 3. The molecule has 12 heavy (non-hydrogen) atoms. The summed E-state index contributed by atoms with van der Waals surface area (Å²) in [5.41, 5.74) is 4.02. The predicted molar refractivity (Wildman–Crippen MR) is 52.7 cm³/mol. The first-order valence-electron chi connectivity index (χ1n) is 3.78. The van der Waals surface area contributed by atoms with Gasteiger partial charge in [-0.25, -0.2) is 4.98 Å². The SMILES string of the molecule is [c]1nc(CCc2cccs2)cs1.